The molecule has 1 aliphatic heterocycles. The summed E-state index contributed by atoms with van der Waals surface area (Å²) in [6.07, 6.45) is 0. The minimum Gasteiger partial charge on any atom is -0.349 e. The first-order chi connectivity index (χ1) is 10.3. The molecule has 0 bridgehead atoms. The van der Waals surface area contributed by atoms with E-state index in [4.69, 9.17) is 0 Å². The van der Waals surface area contributed by atoms with Crippen molar-refractivity contribution in [2.75, 3.05) is 14.1 Å². The average molecular weight is 380 g/mol. The SMILES string of the molecule is CNC(=O)SSC(=O)NC.O=C1SS(=O)(=O)c2ccccc21. The fourth-order valence-corrected chi connectivity index (χ4v) is 5.34. The van der Waals surface area contributed by atoms with Crippen molar-refractivity contribution in [1.82, 2.24) is 10.6 Å². The van der Waals surface area contributed by atoms with Crippen molar-refractivity contribution in [3.63, 3.8) is 0 Å². The van der Waals surface area contributed by atoms with Gasteiger partial charge in [0.05, 0.1) is 15.7 Å². The molecule has 22 heavy (non-hydrogen) atoms. The number of rotatable bonds is 0. The Bertz CT molecular complexity index is 673. The van der Waals surface area contributed by atoms with Gasteiger partial charge < -0.3 is 10.6 Å². The number of fused-ring (bicyclic) bond motifs is 1. The van der Waals surface area contributed by atoms with Gasteiger partial charge in [-0.1, -0.05) is 12.1 Å². The molecule has 1 aromatic rings. The zero-order chi connectivity index (χ0) is 16.8. The van der Waals surface area contributed by atoms with Crippen LogP contribution in [0.4, 0.5) is 9.59 Å². The summed E-state index contributed by atoms with van der Waals surface area (Å²) in [6, 6.07) is 6.23. The van der Waals surface area contributed by atoms with E-state index in [0.29, 0.717) is 16.4 Å². The van der Waals surface area contributed by atoms with Gasteiger partial charge in [-0.2, -0.15) is 0 Å². The van der Waals surface area contributed by atoms with E-state index >= 15 is 0 Å². The summed E-state index contributed by atoms with van der Waals surface area (Å²) in [7, 11) is 1.75. The van der Waals surface area contributed by atoms with Gasteiger partial charge in [-0.05, 0) is 12.1 Å². The van der Waals surface area contributed by atoms with Gasteiger partial charge >= 0.3 is 0 Å². The molecule has 7 nitrogen and oxygen atoms in total. The highest BCUT2D eigenvalue weighted by atomic mass is 33.1. The number of benzene rings is 1. The second-order valence-corrected chi connectivity index (χ2v) is 9.34. The van der Waals surface area contributed by atoms with Crippen LogP contribution in [0.2, 0.25) is 0 Å². The van der Waals surface area contributed by atoms with Crippen molar-refractivity contribution in [3.8, 4) is 0 Å². The summed E-state index contributed by atoms with van der Waals surface area (Å²) < 4.78 is 22.4. The van der Waals surface area contributed by atoms with E-state index < -0.39 is 8.87 Å². The third-order valence-corrected chi connectivity index (χ3v) is 7.25. The molecule has 11 heteroatoms. The van der Waals surface area contributed by atoms with E-state index in [1.54, 1.807) is 12.1 Å². The largest absolute Gasteiger partial charge is 0.349 e. The maximum absolute atomic E-state index is 11.2. The molecule has 1 aliphatic rings. The quantitative estimate of drug-likeness (QED) is 0.660. The normalized spacial score (nSPS) is 14.4. The Labute approximate surface area is 139 Å². The smallest absolute Gasteiger partial charge is 0.289 e. The molecule has 2 N–H and O–H groups in total. The van der Waals surface area contributed by atoms with Crippen LogP contribution in [0, 0.1) is 0 Å². The lowest BCUT2D eigenvalue weighted by Gasteiger charge is -1.95. The predicted octanol–water partition coefficient (Wildman–Crippen LogP) is 2.31. The number of carbonyl (C=O) groups excluding carboxylic acids is 3. The first-order valence-electron chi connectivity index (χ1n) is 5.67. The van der Waals surface area contributed by atoms with E-state index in [2.05, 4.69) is 10.6 Å². The molecule has 2 amide bonds. The number of nitrogens with one attached hydrogen (secondary N) is 2. The van der Waals surface area contributed by atoms with Crippen LogP contribution >= 0.6 is 32.4 Å². The van der Waals surface area contributed by atoms with E-state index in [-0.39, 0.29) is 20.5 Å². The molecule has 0 radical (unpaired) electrons. The Kier molecular flexibility index (Phi) is 7.26. The minimum atomic E-state index is -3.39. The molecule has 1 aromatic carbocycles. The molecule has 0 atom stereocenters. The zero-order valence-electron chi connectivity index (χ0n) is 11.5. The van der Waals surface area contributed by atoms with Crippen LogP contribution in [0.5, 0.6) is 0 Å². The van der Waals surface area contributed by atoms with Gasteiger partial charge in [0.1, 0.15) is 0 Å². The molecular formula is C11H12N2O5S4. The summed E-state index contributed by atoms with van der Waals surface area (Å²) in [5.74, 6) is 0. The Morgan fingerprint density at radius 1 is 1.05 bits per heavy atom. The zero-order valence-corrected chi connectivity index (χ0v) is 14.7. The number of hydrogen-bond donors (Lipinski definition) is 2. The highest BCUT2D eigenvalue weighted by molar-refractivity contribution is 8.87. The van der Waals surface area contributed by atoms with Crippen molar-refractivity contribution in [2.45, 2.75) is 4.90 Å². The summed E-state index contributed by atoms with van der Waals surface area (Å²) in [5, 5.41) is 3.90. The summed E-state index contributed by atoms with van der Waals surface area (Å²) in [4.78, 5) is 32.2. The lowest BCUT2D eigenvalue weighted by molar-refractivity contribution is 0.108. The Morgan fingerprint density at radius 2 is 1.55 bits per heavy atom. The summed E-state index contributed by atoms with van der Waals surface area (Å²) >= 11 is 0. The molecule has 0 fully saturated rings. The third kappa shape index (κ3) is 5.23. The average Bonchev–Trinajstić information content (AvgIpc) is 2.75. The van der Waals surface area contributed by atoms with E-state index in [1.165, 1.54) is 26.2 Å². The Morgan fingerprint density at radius 3 is 2.00 bits per heavy atom. The lowest BCUT2D eigenvalue weighted by atomic mass is 10.2. The van der Waals surface area contributed by atoms with Crippen LogP contribution in [0.1, 0.15) is 10.4 Å². The molecule has 0 saturated carbocycles. The Hall–Kier alpha value is -1.17. The summed E-state index contributed by atoms with van der Waals surface area (Å²) in [5.41, 5.74) is 0.294. The molecular weight excluding hydrogens is 368 g/mol. The number of carbonyl (C=O) groups is 3. The van der Waals surface area contributed by atoms with Gasteiger partial charge in [-0.25, -0.2) is 8.42 Å². The molecule has 0 spiro atoms. The molecule has 1 heterocycles. The molecule has 0 aliphatic carbocycles. The van der Waals surface area contributed by atoms with Crippen LogP contribution in [-0.4, -0.2) is 38.1 Å². The van der Waals surface area contributed by atoms with Gasteiger partial charge in [-0.15, -0.1) is 0 Å². The Balaban J connectivity index is 0.000000225. The van der Waals surface area contributed by atoms with Crippen molar-refractivity contribution in [2.24, 2.45) is 0 Å². The van der Waals surface area contributed by atoms with Crippen molar-refractivity contribution in [1.29, 1.82) is 0 Å². The van der Waals surface area contributed by atoms with Gasteiger partial charge in [0.25, 0.3) is 10.5 Å². The van der Waals surface area contributed by atoms with Crippen molar-refractivity contribution < 1.29 is 22.8 Å². The second-order valence-electron chi connectivity index (χ2n) is 3.56. The van der Waals surface area contributed by atoms with E-state index in [0.717, 1.165) is 21.6 Å². The number of hydrogen-bond acceptors (Lipinski definition) is 8. The summed E-state index contributed by atoms with van der Waals surface area (Å²) in [6.45, 7) is 0. The molecule has 120 valence electrons. The monoisotopic (exact) mass is 380 g/mol. The minimum absolute atomic E-state index is 0.139. The highest BCUT2D eigenvalue weighted by Gasteiger charge is 2.33. The van der Waals surface area contributed by atoms with Crippen LogP contribution in [0.15, 0.2) is 29.2 Å². The molecule has 0 aromatic heterocycles. The van der Waals surface area contributed by atoms with Crippen LogP contribution in [0.3, 0.4) is 0 Å². The second kappa shape index (κ2) is 8.46. The topological polar surface area (TPSA) is 109 Å². The lowest BCUT2D eigenvalue weighted by Crippen LogP contribution is -2.13. The maximum atomic E-state index is 11.2. The van der Waals surface area contributed by atoms with Crippen LogP contribution in [-0.2, 0) is 8.87 Å². The fourth-order valence-electron chi connectivity index (χ4n) is 1.20. The molecule has 0 unspecified atom stereocenters. The van der Waals surface area contributed by atoms with Crippen molar-refractivity contribution >= 4 is 56.8 Å². The fraction of sp³-hybridized carbons (Fsp3) is 0.182. The van der Waals surface area contributed by atoms with Crippen LogP contribution in [0.25, 0.3) is 0 Å². The van der Waals surface area contributed by atoms with E-state index in [1.807, 2.05) is 0 Å². The number of amides is 2. The predicted molar refractivity (Wildman–Crippen MR) is 89.6 cm³/mol. The van der Waals surface area contributed by atoms with Gasteiger partial charge in [0.15, 0.2) is 0 Å². The molecule has 0 saturated heterocycles. The third-order valence-electron chi connectivity index (χ3n) is 2.16. The standard InChI is InChI=1S/C7H4O3S2.C4H8N2O2S2/c8-7-5-3-1-2-4-6(5)12(9,10)11-7;1-5-3(7)9-10-4(8)6-2/h1-4H;1-2H3,(H,5,7)(H,6,8). The van der Waals surface area contributed by atoms with Gasteiger partial charge in [0.2, 0.25) is 14.0 Å². The first-order valence-corrected chi connectivity index (χ1v) is 10.6. The van der Waals surface area contributed by atoms with Gasteiger partial charge in [0, 0.05) is 41.2 Å². The van der Waals surface area contributed by atoms with Crippen molar-refractivity contribution in [3.05, 3.63) is 29.8 Å². The maximum Gasteiger partial charge on any atom is 0.289 e. The van der Waals surface area contributed by atoms with E-state index in [9.17, 15) is 22.8 Å². The van der Waals surface area contributed by atoms with Gasteiger partial charge in [-0.3, -0.25) is 14.4 Å². The molecule has 2 rings (SSSR count). The van der Waals surface area contributed by atoms with Crippen LogP contribution < -0.4 is 10.6 Å². The first kappa shape index (κ1) is 18.9. The highest BCUT2D eigenvalue weighted by Crippen LogP contribution is 2.37.